The van der Waals surface area contributed by atoms with Crippen LogP contribution in [0.25, 0.3) is 55.1 Å². The zero-order valence-corrected chi connectivity index (χ0v) is 18.6. The number of methoxy groups -OCH3 is 1. The molecular weight excluding hydrogens is 418 g/mol. The second-order valence-electron chi connectivity index (χ2n) is 8.48. The van der Waals surface area contributed by atoms with Gasteiger partial charge in [0.1, 0.15) is 11.6 Å². The molecule has 0 amide bonds. The lowest BCUT2D eigenvalue weighted by molar-refractivity contribution is 0.415. The van der Waals surface area contributed by atoms with Crippen molar-refractivity contribution in [1.82, 2.24) is 14.1 Å². The molecule has 0 N–H and O–H groups in total. The molecule has 0 aliphatic rings. The van der Waals surface area contributed by atoms with Gasteiger partial charge in [0.15, 0.2) is 0 Å². The van der Waals surface area contributed by atoms with Crippen LogP contribution in [-0.2, 0) is 0 Å². The zero-order valence-electron chi connectivity index (χ0n) is 18.6. The highest BCUT2D eigenvalue weighted by Crippen LogP contribution is 2.39. The molecule has 0 spiro atoms. The molecule has 0 saturated carbocycles. The Labute approximate surface area is 196 Å². The highest BCUT2D eigenvalue weighted by atomic mass is 16.5. The van der Waals surface area contributed by atoms with E-state index in [4.69, 9.17) is 9.72 Å². The van der Waals surface area contributed by atoms with E-state index in [2.05, 4.69) is 94.1 Å². The van der Waals surface area contributed by atoms with Gasteiger partial charge in [0.2, 0.25) is 0 Å². The predicted octanol–water partition coefficient (Wildman–Crippen LogP) is 7.28. The Morgan fingerprint density at radius 3 is 2.06 bits per heavy atom. The van der Waals surface area contributed by atoms with Gasteiger partial charge in [-0.3, -0.25) is 4.57 Å². The lowest BCUT2D eigenvalue weighted by atomic mass is 10.1. The molecule has 4 nitrogen and oxygen atoms in total. The average molecular weight is 440 g/mol. The van der Waals surface area contributed by atoms with E-state index < -0.39 is 0 Å². The van der Waals surface area contributed by atoms with E-state index in [0.29, 0.717) is 0 Å². The summed E-state index contributed by atoms with van der Waals surface area (Å²) < 4.78 is 10.2. The van der Waals surface area contributed by atoms with Gasteiger partial charge in [-0.05, 0) is 54.6 Å². The maximum atomic E-state index is 5.57. The minimum atomic E-state index is 0.830. The number of hydrogen-bond donors (Lipinski definition) is 0. The first-order chi connectivity index (χ1) is 16.8. The Balaban J connectivity index is 1.70. The molecule has 34 heavy (non-hydrogen) atoms. The number of hydrogen-bond acceptors (Lipinski definition) is 2. The van der Waals surface area contributed by atoms with Gasteiger partial charge < -0.3 is 9.30 Å². The van der Waals surface area contributed by atoms with Gasteiger partial charge in [0, 0.05) is 39.5 Å². The van der Waals surface area contributed by atoms with Crippen LogP contribution in [0.2, 0.25) is 0 Å². The molecule has 4 heteroatoms. The third kappa shape index (κ3) is 2.63. The van der Waals surface area contributed by atoms with Crippen molar-refractivity contribution >= 4 is 43.6 Å². The lowest BCUT2D eigenvalue weighted by Crippen LogP contribution is -1.97. The molecule has 0 aliphatic carbocycles. The van der Waals surface area contributed by atoms with Crippen molar-refractivity contribution in [2.24, 2.45) is 0 Å². The third-order valence-electron chi connectivity index (χ3n) is 6.66. The molecule has 0 saturated heterocycles. The SMILES string of the molecule is COc1ccc2c3cc4c5ccccc5n(-c5ccccc5)c4cc3n(-c3ccccn3)c2c1. The zero-order chi connectivity index (χ0) is 22.6. The number of fused-ring (bicyclic) bond motifs is 6. The summed E-state index contributed by atoms with van der Waals surface area (Å²) in [5.74, 6) is 1.72. The van der Waals surface area contributed by atoms with E-state index >= 15 is 0 Å². The molecule has 0 fully saturated rings. The normalized spacial score (nSPS) is 11.7. The van der Waals surface area contributed by atoms with E-state index in [9.17, 15) is 0 Å². The molecule has 3 aromatic heterocycles. The second-order valence-corrected chi connectivity index (χ2v) is 8.48. The van der Waals surface area contributed by atoms with Crippen LogP contribution >= 0.6 is 0 Å². The Morgan fingerprint density at radius 1 is 0.559 bits per heavy atom. The van der Waals surface area contributed by atoms with Crippen molar-refractivity contribution in [3.05, 3.63) is 109 Å². The summed E-state index contributed by atoms with van der Waals surface area (Å²) in [6.45, 7) is 0. The maximum absolute atomic E-state index is 5.57. The van der Waals surface area contributed by atoms with Gasteiger partial charge >= 0.3 is 0 Å². The highest BCUT2D eigenvalue weighted by Gasteiger charge is 2.18. The smallest absolute Gasteiger partial charge is 0.137 e. The van der Waals surface area contributed by atoms with Gasteiger partial charge in [-0.2, -0.15) is 0 Å². The Morgan fingerprint density at radius 2 is 1.26 bits per heavy atom. The number of aromatic nitrogens is 3. The number of pyridine rings is 1. The van der Waals surface area contributed by atoms with E-state index in [1.54, 1.807) is 7.11 Å². The summed E-state index contributed by atoms with van der Waals surface area (Å²) in [5.41, 5.74) is 5.72. The molecule has 0 unspecified atom stereocenters. The molecule has 3 heterocycles. The quantitative estimate of drug-likeness (QED) is 0.290. The number of benzene rings is 4. The summed E-state index contributed by atoms with van der Waals surface area (Å²) in [6.07, 6.45) is 1.84. The summed E-state index contributed by atoms with van der Waals surface area (Å²) >= 11 is 0. The van der Waals surface area contributed by atoms with Gasteiger partial charge in [-0.25, -0.2) is 4.98 Å². The van der Waals surface area contributed by atoms with Crippen LogP contribution in [0.4, 0.5) is 0 Å². The van der Waals surface area contributed by atoms with Crippen LogP contribution in [0.3, 0.4) is 0 Å². The van der Waals surface area contributed by atoms with Crippen LogP contribution in [-0.4, -0.2) is 21.2 Å². The van der Waals surface area contributed by atoms with Crippen molar-refractivity contribution < 1.29 is 4.74 Å². The van der Waals surface area contributed by atoms with Gasteiger partial charge in [-0.15, -0.1) is 0 Å². The van der Waals surface area contributed by atoms with E-state index in [-0.39, 0.29) is 0 Å². The minimum Gasteiger partial charge on any atom is -0.497 e. The first-order valence-corrected chi connectivity index (χ1v) is 11.4. The van der Waals surface area contributed by atoms with Crippen molar-refractivity contribution in [2.75, 3.05) is 7.11 Å². The molecule has 0 atom stereocenters. The Hall–Kier alpha value is -4.57. The Kier molecular flexibility index (Phi) is 4.02. The van der Waals surface area contributed by atoms with Crippen LogP contribution in [0, 0.1) is 0 Å². The fourth-order valence-electron chi connectivity index (χ4n) is 5.17. The number of rotatable bonds is 3. The molecule has 0 bridgehead atoms. The van der Waals surface area contributed by atoms with Gasteiger partial charge in [0.25, 0.3) is 0 Å². The molecule has 0 aliphatic heterocycles. The summed E-state index contributed by atoms with van der Waals surface area (Å²) in [4.78, 5) is 4.70. The first kappa shape index (κ1) is 18.9. The highest BCUT2D eigenvalue weighted by molar-refractivity contribution is 6.19. The molecule has 7 rings (SSSR count). The topological polar surface area (TPSA) is 32.0 Å². The lowest BCUT2D eigenvalue weighted by Gasteiger charge is -2.09. The minimum absolute atomic E-state index is 0.830. The molecule has 7 aromatic rings. The fourth-order valence-corrected chi connectivity index (χ4v) is 5.17. The first-order valence-electron chi connectivity index (χ1n) is 11.4. The van der Waals surface area contributed by atoms with Crippen molar-refractivity contribution in [1.29, 1.82) is 0 Å². The van der Waals surface area contributed by atoms with Crippen molar-refractivity contribution in [3.8, 4) is 17.3 Å². The van der Waals surface area contributed by atoms with Gasteiger partial charge in [0.05, 0.1) is 29.2 Å². The van der Waals surface area contributed by atoms with Crippen molar-refractivity contribution in [2.45, 2.75) is 0 Å². The fraction of sp³-hybridized carbons (Fsp3) is 0.0333. The average Bonchev–Trinajstić information content (AvgIpc) is 3.40. The maximum Gasteiger partial charge on any atom is 0.137 e. The Bertz CT molecular complexity index is 1830. The standard InChI is InChI=1S/C30H21N3O/c1-34-21-14-15-23-25-18-24-22-11-5-6-12-26(22)32(20-9-3-2-4-10-20)28(24)19-29(25)33(27(23)17-21)30-13-7-8-16-31-30/h2-19H,1H3. The van der Waals surface area contributed by atoms with Crippen LogP contribution in [0.1, 0.15) is 0 Å². The van der Waals surface area contributed by atoms with Crippen LogP contribution < -0.4 is 4.74 Å². The van der Waals surface area contributed by atoms with Crippen molar-refractivity contribution in [3.63, 3.8) is 0 Å². The monoisotopic (exact) mass is 439 g/mol. The number of para-hydroxylation sites is 2. The van der Waals surface area contributed by atoms with Gasteiger partial charge in [-0.1, -0.05) is 42.5 Å². The largest absolute Gasteiger partial charge is 0.497 e. The van der Waals surface area contributed by atoms with Crippen LogP contribution in [0.15, 0.2) is 109 Å². The third-order valence-corrected chi connectivity index (χ3v) is 6.66. The summed E-state index contributed by atoms with van der Waals surface area (Å²) in [6, 6.07) is 36.1. The number of ether oxygens (including phenoxy) is 1. The molecule has 0 radical (unpaired) electrons. The molecule has 4 aromatic carbocycles. The second kappa shape index (κ2) is 7.22. The molecule has 162 valence electrons. The summed E-state index contributed by atoms with van der Waals surface area (Å²) in [7, 11) is 1.71. The predicted molar refractivity (Wildman–Crippen MR) is 139 cm³/mol. The summed E-state index contributed by atoms with van der Waals surface area (Å²) in [5, 5.41) is 4.87. The van der Waals surface area contributed by atoms with E-state index in [1.165, 1.54) is 32.6 Å². The van der Waals surface area contributed by atoms with E-state index in [0.717, 1.165) is 28.3 Å². The van der Waals surface area contributed by atoms with E-state index in [1.807, 2.05) is 24.4 Å². The van der Waals surface area contributed by atoms with Crippen LogP contribution in [0.5, 0.6) is 5.75 Å². The number of nitrogens with zero attached hydrogens (tertiary/aromatic N) is 3. The molecular formula is C30H21N3O.